The van der Waals surface area contributed by atoms with E-state index in [1.807, 2.05) is 0 Å². The Labute approximate surface area is 86.3 Å². The smallest absolute Gasteiger partial charge is 0.122 e. The third kappa shape index (κ3) is 3.04. The van der Waals surface area contributed by atoms with Crippen LogP contribution in [0.4, 0.5) is 0 Å². The van der Waals surface area contributed by atoms with Gasteiger partial charge < -0.3 is 10.1 Å². The van der Waals surface area contributed by atoms with Gasteiger partial charge in [-0.05, 0) is 37.1 Å². The molecule has 0 fully saturated rings. The molecule has 1 aromatic rings. The van der Waals surface area contributed by atoms with Crippen LogP contribution in [-0.4, -0.2) is 13.7 Å². The number of hydrogen-bond donors (Lipinski definition) is 1. The molecule has 0 radical (unpaired) electrons. The van der Waals surface area contributed by atoms with Crippen molar-refractivity contribution in [2.24, 2.45) is 0 Å². The highest BCUT2D eigenvalue weighted by Gasteiger charge is 1.99. The molecule has 0 heterocycles. The highest BCUT2D eigenvalue weighted by atomic mass is 16.5. The maximum absolute atomic E-state index is 5.26. The molecule has 0 aliphatic rings. The fourth-order valence-corrected chi connectivity index (χ4v) is 1.38. The molecule has 0 saturated carbocycles. The summed E-state index contributed by atoms with van der Waals surface area (Å²) >= 11 is 0. The summed E-state index contributed by atoms with van der Waals surface area (Å²) in [6, 6.07) is 6.33. The van der Waals surface area contributed by atoms with Gasteiger partial charge in [-0.15, -0.1) is 0 Å². The fourth-order valence-electron chi connectivity index (χ4n) is 1.38. The first kappa shape index (κ1) is 11.1. The zero-order valence-corrected chi connectivity index (χ0v) is 9.26. The van der Waals surface area contributed by atoms with E-state index >= 15 is 0 Å². The zero-order valence-electron chi connectivity index (χ0n) is 9.26. The molecule has 0 atom stereocenters. The summed E-state index contributed by atoms with van der Waals surface area (Å²) in [4.78, 5) is 0. The molecule has 2 heteroatoms. The van der Waals surface area contributed by atoms with Gasteiger partial charge in [-0.25, -0.2) is 0 Å². The molecular weight excluding hydrogens is 174 g/mol. The second kappa shape index (κ2) is 5.66. The standard InChI is InChI=1S/C12H19NO/c1-4-7-13-9-11-6-5-10(2)12(8-11)14-3/h5-6,8,13H,4,7,9H2,1-3H3. The van der Waals surface area contributed by atoms with E-state index in [0.717, 1.165) is 18.8 Å². The molecular formula is C12H19NO. The van der Waals surface area contributed by atoms with E-state index in [9.17, 15) is 0 Å². The number of benzene rings is 1. The summed E-state index contributed by atoms with van der Waals surface area (Å²) < 4.78 is 5.26. The minimum Gasteiger partial charge on any atom is -0.496 e. The van der Waals surface area contributed by atoms with Crippen molar-refractivity contribution in [3.63, 3.8) is 0 Å². The highest BCUT2D eigenvalue weighted by molar-refractivity contribution is 5.36. The number of hydrogen-bond acceptors (Lipinski definition) is 2. The monoisotopic (exact) mass is 193 g/mol. The molecule has 0 saturated heterocycles. The first-order chi connectivity index (χ1) is 6.77. The van der Waals surface area contributed by atoms with E-state index in [0.29, 0.717) is 0 Å². The molecule has 2 nitrogen and oxygen atoms in total. The number of nitrogens with one attached hydrogen (secondary N) is 1. The van der Waals surface area contributed by atoms with Gasteiger partial charge in [-0.2, -0.15) is 0 Å². The molecule has 0 bridgehead atoms. The lowest BCUT2D eigenvalue weighted by molar-refractivity contribution is 0.411. The number of methoxy groups -OCH3 is 1. The predicted octanol–water partition coefficient (Wildman–Crippen LogP) is 2.50. The van der Waals surface area contributed by atoms with Gasteiger partial charge in [0, 0.05) is 6.54 Å². The molecule has 0 spiro atoms. The Kier molecular flexibility index (Phi) is 4.47. The van der Waals surface area contributed by atoms with Crippen LogP contribution in [0.2, 0.25) is 0 Å². The number of aryl methyl sites for hydroxylation is 1. The SMILES string of the molecule is CCCNCc1ccc(C)c(OC)c1. The summed E-state index contributed by atoms with van der Waals surface area (Å²) in [7, 11) is 1.71. The highest BCUT2D eigenvalue weighted by Crippen LogP contribution is 2.18. The van der Waals surface area contributed by atoms with E-state index in [2.05, 4.69) is 37.4 Å². The van der Waals surface area contributed by atoms with Crippen molar-refractivity contribution in [2.45, 2.75) is 26.8 Å². The van der Waals surface area contributed by atoms with Gasteiger partial charge >= 0.3 is 0 Å². The normalized spacial score (nSPS) is 10.2. The maximum atomic E-state index is 5.26. The van der Waals surface area contributed by atoms with Gasteiger partial charge in [0.15, 0.2) is 0 Å². The third-order valence-electron chi connectivity index (χ3n) is 2.23. The zero-order chi connectivity index (χ0) is 10.4. The Hall–Kier alpha value is -1.02. The summed E-state index contributed by atoms with van der Waals surface area (Å²) in [5.74, 6) is 0.973. The van der Waals surface area contributed by atoms with Crippen molar-refractivity contribution >= 4 is 0 Å². The molecule has 0 aromatic heterocycles. The van der Waals surface area contributed by atoms with Gasteiger partial charge in [0.25, 0.3) is 0 Å². The maximum Gasteiger partial charge on any atom is 0.122 e. The van der Waals surface area contributed by atoms with Gasteiger partial charge in [0.1, 0.15) is 5.75 Å². The van der Waals surface area contributed by atoms with E-state index < -0.39 is 0 Å². The van der Waals surface area contributed by atoms with Crippen LogP contribution in [0.3, 0.4) is 0 Å². The van der Waals surface area contributed by atoms with Crippen LogP contribution in [0.25, 0.3) is 0 Å². The average molecular weight is 193 g/mol. The Morgan fingerprint density at radius 1 is 1.36 bits per heavy atom. The Morgan fingerprint density at radius 3 is 2.79 bits per heavy atom. The average Bonchev–Trinajstić information content (AvgIpc) is 2.21. The predicted molar refractivity (Wildman–Crippen MR) is 59.7 cm³/mol. The lowest BCUT2D eigenvalue weighted by atomic mass is 10.1. The van der Waals surface area contributed by atoms with Crippen LogP contribution < -0.4 is 10.1 Å². The van der Waals surface area contributed by atoms with Crippen LogP contribution in [0.1, 0.15) is 24.5 Å². The van der Waals surface area contributed by atoms with Crippen molar-refractivity contribution in [3.8, 4) is 5.75 Å². The minimum absolute atomic E-state index is 0.921. The molecule has 0 amide bonds. The van der Waals surface area contributed by atoms with Crippen LogP contribution in [-0.2, 0) is 6.54 Å². The van der Waals surface area contributed by atoms with Crippen molar-refractivity contribution in [3.05, 3.63) is 29.3 Å². The first-order valence-corrected chi connectivity index (χ1v) is 5.12. The van der Waals surface area contributed by atoms with Gasteiger partial charge in [0.05, 0.1) is 7.11 Å². The second-order valence-electron chi connectivity index (χ2n) is 3.48. The Bertz CT molecular complexity index is 284. The lowest BCUT2D eigenvalue weighted by Crippen LogP contribution is -2.13. The van der Waals surface area contributed by atoms with Crippen molar-refractivity contribution in [2.75, 3.05) is 13.7 Å². The fraction of sp³-hybridized carbons (Fsp3) is 0.500. The lowest BCUT2D eigenvalue weighted by Gasteiger charge is -2.08. The molecule has 1 aromatic carbocycles. The topological polar surface area (TPSA) is 21.3 Å². The van der Waals surface area contributed by atoms with Crippen LogP contribution in [0.15, 0.2) is 18.2 Å². The quantitative estimate of drug-likeness (QED) is 0.725. The van der Waals surface area contributed by atoms with E-state index in [4.69, 9.17) is 4.74 Å². The van der Waals surface area contributed by atoms with Crippen LogP contribution in [0, 0.1) is 6.92 Å². The largest absolute Gasteiger partial charge is 0.496 e. The van der Waals surface area contributed by atoms with Crippen molar-refractivity contribution in [1.82, 2.24) is 5.32 Å². The van der Waals surface area contributed by atoms with E-state index in [1.165, 1.54) is 17.5 Å². The van der Waals surface area contributed by atoms with Gasteiger partial charge in [-0.1, -0.05) is 19.1 Å². The summed E-state index contributed by atoms with van der Waals surface area (Å²) in [6.45, 7) is 6.21. The molecule has 1 rings (SSSR count). The summed E-state index contributed by atoms with van der Waals surface area (Å²) in [6.07, 6.45) is 1.17. The molecule has 0 aliphatic carbocycles. The molecule has 0 aliphatic heterocycles. The van der Waals surface area contributed by atoms with E-state index in [1.54, 1.807) is 7.11 Å². The van der Waals surface area contributed by atoms with E-state index in [-0.39, 0.29) is 0 Å². The third-order valence-corrected chi connectivity index (χ3v) is 2.23. The molecule has 1 N–H and O–H groups in total. The van der Waals surface area contributed by atoms with Crippen LogP contribution in [0.5, 0.6) is 5.75 Å². The second-order valence-corrected chi connectivity index (χ2v) is 3.48. The number of ether oxygens (including phenoxy) is 1. The first-order valence-electron chi connectivity index (χ1n) is 5.12. The number of rotatable bonds is 5. The molecule has 78 valence electrons. The van der Waals surface area contributed by atoms with Crippen molar-refractivity contribution < 1.29 is 4.74 Å². The van der Waals surface area contributed by atoms with Crippen molar-refractivity contribution in [1.29, 1.82) is 0 Å². The minimum atomic E-state index is 0.921. The van der Waals surface area contributed by atoms with Gasteiger partial charge in [-0.3, -0.25) is 0 Å². The molecule has 14 heavy (non-hydrogen) atoms. The summed E-state index contributed by atoms with van der Waals surface area (Å²) in [5, 5.41) is 3.37. The molecule has 0 unspecified atom stereocenters. The van der Waals surface area contributed by atoms with Crippen LogP contribution >= 0.6 is 0 Å². The van der Waals surface area contributed by atoms with Gasteiger partial charge in [0.2, 0.25) is 0 Å². The summed E-state index contributed by atoms with van der Waals surface area (Å²) in [5.41, 5.74) is 2.47. The Balaban J connectivity index is 2.60. The Morgan fingerprint density at radius 2 is 2.14 bits per heavy atom.